The summed E-state index contributed by atoms with van der Waals surface area (Å²) in [6, 6.07) is 18.8. The van der Waals surface area contributed by atoms with E-state index in [0.29, 0.717) is 31.9 Å². The van der Waals surface area contributed by atoms with E-state index in [9.17, 15) is 9.59 Å². The van der Waals surface area contributed by atoms with Gasteiger partial charge in [-0.25, -0.2) is 0 Å². The molecule has 0 radical (unpaired) electrons. The number of carbonyl (C=O) groups excluding carboxylic acids is 2. The van der Waals surface area contributed by atoms with Gasteiger partial charge in [-0.15, -0.1) is 0 Å². The minimum atomic E-state index is -0.636. The van der Waals surface area contributed by atoms with Crippen LogP contribution in [0.1, 0.15) is 11.1 Å². The zero-order valence-corrected chi connectivity index (χ0v) is 15.0. The van der Waals surface area contributed by atoms with Crippen LogP contribution < -0.4 is 5.73 Å². The fourth-order valence-corrected chi connectivity index (χ4v) is 2.90. The number of amides is 2. The van der Waals surface area contributed by atoms with Gasteiger partial charge in [0.2, 0.25) is 5.91 Å². The Morgan fingerprint density at radius 3 is 1.78 bits per heavy atom. The summed E-state index contributed by atoms with van der Waals surface area (Å²) in [5.41, 5.74) is 7.78. The van der Waals surface area contributed by atoms with Gasteiger partial charge in [-0.1, -0.05) is 60.7 Å². The van der Waals surface area contributed by atoms with Crippen LogP contribution >= 0.6 is 0 Å². The third-order valence-corrected chi connectivity index (χ3v) is 4.31. The minimum absolute atomic E-state index is 0.196. The average molecular weight is 362 g/mol. The number of morpholine rings is 1. The summed E-state index contributed by atoms with van der Waals surface area (Å²) in [4.78, 5) is 27.1. The van der Waals surface area contributed by atoms with Crippen molar-refractivity contribution in [3.8, 4) is 0 Å². The van der Waals surface area contributed by atoms with Gasteiger partial charge in [0.15, 0.2) is 0 Å². The molecule has 3 rings (SSSR count). The van der Waals surface area contributed by atoms with Gasteiger partial charge in [0.05, 0.1) is 24.4 Å². The van der Waals surface area contributed by atoms with Crippen molar-refractivity contribution in [1.29, 1.82) is 0 Å². The molecule has 27 heavy (non-hydrogen) atoms. The monoisotopic (exact) mass is 362 g/mol. The molecule has 2 aromatic rings. The molecule has 1 fully saturated rings. The molecule has 0 saturated carbocycles. The van der Waals surface area contributed by atoms with E-state index >= 15 is 0 Å². The third-order valence-electron chi connectivity index (χ3n) is 4.31. The lowest BCUT2D eigenvalue weighted by Crippen LogP contribution is -2.42. The fraction of sp³-hybridized carbons (Fsp3) is 0.182. The predicted molar refractivity (Wildman–Crippen MR) is 105 cm³/mol. The number of nitrogens with zero attached hydrogens (tertiary/aromatic N) is 1. The Bertz CT molecular complexity index is 852. The van der Waals surface area contributed by atoms with E-state index in [-0.39, 0.29) is 11.5 Å². The number of primary amides is 1. The maximum atomic E-state index is 13.2. The van der Waals surface area contributed by atoms with Gasteiger partial charge in [-0.2, -0.15) is 0 Å². The number of hydrogen-bond donors (Lipinski definition) is 1. The smallest absolute Gasteiger partial charge is 0.254 e. The van der Waals surface area contributed by atoms with Crippen molar-refractivity contribution in [3.63, 3.8) is 0 Å². The SMILES string of the molecule is NC(=O)C(=C\c1ccccc1)/C(=C/c1ccccc1)C(=O)N1CCOCC1. The van der Waals surface area contributed by atoms with Crippen molar-refractivity contribution >= 4 is 24.0 Å². The number of benzene rings is 2. The molecule has 0 atom stereocenters. The summed E-state index contributed by atoms with van der Waals surface area (Å²) >= 11 is 0. The topological polar surface area (TPSA) is 72.6 Å². The summed E-state index contributed by atoms with van der Waals surface area (Å²) in [5, 5.41) is 0. The highest BCUT2D eigenvalue weighted by molar-refractivity contribution is 6.15. The van der Waals surface area contributed by atoms with E-state index in [2.05, 4.69) is 0 Å². The first-order valence-electron chi connectivity index (χ1n) is 8.86. The first kappa shape index (κ1) is 18.6. The molecular formula is C22H22N2O3. The van der Waals surface area contributed by atoms with E-state index in [4.69, 9.17) is 10.5 Å². The van der Waals surface area contributed by atoms with E-state index in [1.807, 2.05) is 60.7 Å². The van der Waals surface area contributed by atoms with Crippen molar-refractivity contribution < 1.29 is 14.3 Å². The highest BCUT2D eigenvalue weighted by Crippen LogP contribution is 2.21. The second-order valence-electron chi connectivity index (χ2n) is 6.21. The van der Waals surface area contributed by atoms with Crippen LogP contribution in [-0.4, -0.2) is 43.0 Å². The van der Waals surface area contributed by atoms with Crippen molar-refractivity contribution in [2.45, 2.75) is 0 Å². The summed E-state index contributed by atoms with van der Waals surface area (Å²) in [5.74, 6) is -0.856. The van der Waals surface area contributed by atoms with Crippen molar-refractivity contribution in [1.82, 2.24) is 4.90 Å². The first-order valence-corrected chi connectivity index (χ1v) is 8.86. The van der Waals surface area contributed by atoms with Crippen LogP contribution in [0.2, 0.25) is 0 Å². The highest BCUT2D eigenvalue weighted by Gasteiger charge is 2.25. The van der Waals surface area contributed by atoms with Crippen LogP contribution in [0.5, 0.6) is 0 Å². The molecule has 0 aliphatic carbocycles. The summed E-state index contributed by atoms with van der Waals surface area (Å²) in [7, 11) is 0. The Morgan fingerprint density at radius 1 is 0.815 bits per heavy atom. The largest absolute Gasteiger partial charge is 0.378 e. The maximum absolute atomic E-state index is 13.2. The molecule has 2 N–H and O–H groups in total. The highest BCUT2D eigenvalue weighted by atomic mass is 16.5. The Hall–Kier alpha value is -3.18. The summed E-state index contributed by atoms with van der Waals surface area (Å²) in [6.07, 6.45) is 3.38. The van der Waals surface area contributed by atoms with Gasteiger partial charge < -0.3 is 15.4 Å². The van der Waals surface area contributed by atoms with Crippen LogP contribution in [0.15, 0.2) is 71.8 Å². The molecule has 1 heterocycles. The minimum Gasteiger partial charge on any atom is -0.378 e. The number of ether oxygens (including phenoxy) is 1. The predicted octanol–water partition coefficient (Wildman–Crippen LogP) is 2.50. The molecule has 0 unspecified atom stereocenters. The van der Waals surface area contributed by atoms with Crippen molar-refractivity contribution in [2.75, 3.05) is 26.3 Å². The molecule has 2 aromatic carbocycles. The molecule has 1 aliphatic heterocycles. The average Bonchev–Trinajstić information content (AvgIpc) is 2.72. The Balaban J connectivity index is 2.06. The van der Waals surface area contributed by atoms with Crippen LogP contribution in [-0.2, 0) is 14.3 Å². The van der Waals surface area contributed by atoms with Gasteiger partial charge in [0.1, 0.15) is 0 Å². The van der Waals surface area contributed by atoms with Crippen LogP contribution in [0.25, 0.3) is 12.2 Å². The Morgan fingerprint density at radius 2 is 1.30 bits per heavy atom. The van der Waals surface area contributed by atoms with Crippen LogP contribution in [0.3, 0.4) is 0 Å². The lowest BCUT2D eigenvalue weighted by molar-refractivity contribution is -0.131. The molecular weight excluding hydrogens is 340 g/mol. The molecule has 0 aromatic heterocycles. The summed E-state index contributed by atoms with van der Waals surface area (Å²) in [6.45, 7) is 1.95. The molecule has 5 nitrogen and oxygen atoms in total. The fourth-order valence-electron chi connectivity index (χ4n) is 2.90. The number of carbonyl (C=O) groups is 2. The molecule has 1 saturated heterocycles. The van der Waals surface area contributed by atoms with Gasteiger partial charge in [-0.05, 0) is 23.3 Å². The zero-order chi connectivity index (χ0) is 19.1. The normalized spacial score (nSPS) is 15.5. The number of hydrogen-bond acceptors (Lipinski definition) is 3. The Labute approximate surface area is 158 Å². The molecule has 5 heteroatoms. The molecule has 0 bridgehead atoms. The van der Waals surface area contributed by atoms with E-state index in [1.54, 1.807) is 17.1 Å². The molecule has 0 spiro atoms. The first-order chi connectivity index (χ1) is 13.1. The maximum Gasteiger partial charge on any atom is 0.254 e. The van der Waals surface area contributed by atoms with Crippen molar-refractivity contribution in [2.24, 2.45) is 5.73 Å². The quantitative estimate of drug-likeness (QED) is 0.656. The number of nitrogens with two attached hydrogens (primary N) is 1. The lowest BCUT2D eigenvalue weighted by atomic mass is 9.98. The Kier molecular flexibility index (Phi) is 6.18. The van der Waals surface area contributed by atoms with Gasteiger partial charge >= 0.3 is 0 Å². The van der Waals surface area contributed by atoms with Gasteiger partial charge in [-0.3, -0.25) is 9.59 Å². The lowest BCUT2D eigenvalue weighted by Gasteiger charge is -2.28. The van der Waals surface area contributed by atoms with E-state index in [0.717, 1.165) is 11.1 Å². The summed E-state index contributed by atoms with van der Waals surface area (Å²) < 4.78 is 5.33. The van der Waals surface area contributed by atoms with Gasteiger partial charge in [0.25, 0.3) is 5.91 Å². The van der Waals surface area contributed by atoms with Crippen LogP contribution in [0.4, 0.5) is 0 Å². The van der Waals surface area contributed by atoms with E-state index < -0.39 is 5.91 Å². The molecule has 2 amide bonds. The second kappa shape index (κ2) is 8.96. The van der Waals surface area contributed by atoms with Crippen molar-refractivity contribution in [3.05, 3.63) is 82.9 Å². The van der Waals surface area contributed by atoms with E-state index in [1.165, 1.54) is 0 Å². The molecule has 138 valence electrons. The van der Waals surface area contributed by atoms with Gasteiger partial charge in [0, 0.05) is 13.1 Å². The molecule has 1 aliphatic rings. The van der Waals surface area contributed by atoms with Crippen LogP contribution in [0, 0.1) is 0 Å². The second-order valence-corrected chi connectivity index (χ2v) is 6.21. The zero-order valence-electron chi connectivity index (χ0n) is 15.0. The number of rotatable bonds is 5. The standard InChI is InChI=1S/C22H22N2O3/c23-21(25)19(15-17-7-3-1-4-8-17)20(16-18-9-5-2-6-10-18)22(26)24-11-13-27-14-12-24/h1-10,15-16H,11-14H2,(H2,23,25)/b19-15-,20-16-. The third kappa shape index (κ3) is 4.92.